The molecule has 0 aliphatic heterocycles. The molecule has 3 heteroatoms. The molecule has 2 aromatic carbocycles. The molecule has 19 heavy (non-hydrogen) atoms. The first-order valence-electron chi connectivity index (χ1n) is 6.11. The van der Waals surface area contributed by atoms with Gasteiger partial charge in [0, 0.05) is 4.47 Å². The zero-order chi connectivity index (χ0) is 14.2. The standard InChI is InChI=1S/C16H16BrFO/c1-9-6-12(17)4-5-14(9)16(19)15-10(2)7-13(18)8-11(15)3/h4-8,16,19H,1-3H3. The second-order valence-electron chi connectivity index (χ2n) is 4.86. The van der Waals surface area contributed by atoms with E-state index in [2.05, 4.69) is 15.9 Å². The first kappa shape index (κ1) is 14.2. The van der Waals surface area contributed by atoms with E-state index in [0.29, 0.717) is 0 Å². The number of hydrogen-bond donors (Lipinski definition) is 1. The normalized spacial score (nSPS) is 12.5. The van der Waals surface area contributed by atoms with E-state index < -0.39 is 6.10 Å². The van der Waals surface area contributed by atoms with Crippen LogP contribution in [0.2, 0.25) is 0 Å². The SMILES string of the molecule is Cc1cc(Br)ccc1C(O)c1c(C)cc(F)cc1C. The minimum atomic E-state index is -0.728. The Bertz CT molecular complexity index is 599. The van der Waals surface area contributed by atoms with E-state index in [0.717, 1.165) is 32.3 Å². The quantitative estimate of drug-likeness (QED) is 0.857. The Labute approximate surface area is 121 Å². The number of benzene rings is 2. The average Bonchev–Trinajstić information content (AvgIpc) is 2.26. The molecule has 0 fully saturated rings. The molecule has 0 saturated heterocycles. The highest BCUT2D eigenvalue weighted by molar-refractivity contribution is 9.10. The summed E-state index contributed by atoms with van der Waals surface area (Å²) >= 11 is 3.41. The monoisotopic (exact) mass is 322 g/mol. The van der Waals surface area contributed by atoms with Gasteiger partial charge in [-0.1, -0.05) is 22.0 Å². The molecule has 1 nitrogen and oxygen atoms in total. The average molecular weight is 323 g/mol. The summed E-state index contributed by atoms with van der Waals surface area (Å²) in [6.45, 7) is 5.60. The Kier molecular flexibility index (Phi) is 4.07. The molecular formula is C16H16BrFO. The summed E-state index contributed by atoms with van der Waals surface area (Å²) in [5.41, 5.74) is 4.18. The van der Waals surface area contributed by atoms with Crippen LogP contribution in [-0.4, -0.2) is 5.11 Å². The summed E-state index contributed by atoms with van der Waals surface area (Å²) in [4.78, 5) is 0. The van der Waals surface area contributed by atoms with Gasteiger partial charge in [-0.05, 0) is 72.9 Å². The van der Waals surface area contributed by atoms with Gasteiger partial charge in [0.1, 0.15) is 11.9 Å². The summed E-state index contributed by atoms with van der Waals surface area (Å²) in [5, 5.41) is 10.6. The minimum absolute atomic E-state index is 0.265. The maximum absolute atomic E-state index is 13.3. The number of aryl methyl sites for hydroxylation is 3. The van der Waals surface area contributed by atoms with Crippen LogP contribution in [-0.2, 0) is 0 Å². The maximum Gasteiger partial charge on any atom is 0.123 e. The second-order valence-corrected chi connectivity index (χ2v) is 5.77. The van der Waals surface area contributed by atoms with Gasteiger partial charge in [-0.2, -0.15) is 0 Å². The molecule has 100 valence electrons. The van der Waals surface area contributed by atoms with E-state index in [4.69, 9.17) is 0 Å². The van der Waals surface area contributed by atoms with Crippen molar-refractivity contribution in [1.82, 2.24) is 0 Å². The fourth-order valence-corrected chi connectivity index (χ4v) is 2.93. The minimum Gasteiger partial charge on any atom is -0.384 e. The van der Waals surface area contributed by atoms with Crippen LogP contribution in [0.4, 0.5) is 4.39 Å². The van der Waals surface area contributed by atoms with Crippen LogP contribution < -0.4 is 0 Å². The van der Waals surface area contributed by atoms with Gasteiger partial charge < -0.3 is 5.11 Å². The molecule has 1 unspecified atom stereocenters. The number of aliphatic hydroxyl groups excluding tert-OH is 1. The number of rotatable bonds is 2. The highest BCUT2D eigenvalue weighted by Gasteiger charge is 2.18. The summed E-state index contributed by atoms with van der Waals surface area (Å²) in [5.74, 6) is -0.265. The van der Waals surface area contributed by atoms with Crippen LogP contribution in [0.3, 0.4) is 0 Å². The molecule has 0 amide bonds. The Morgan fingerprint density at radius 3 is 2.11 bits per heavy atom. The lowest BCUT2D eigenvalue weighted by Crippen LogP contribution is -2.07. The van der Waals surface area contributed by atoms with Crippen LogP contribution in [0.1, 0.15) is 33.9 Å². The molecule has 1 atom stereocenters. The largest absolute Gasteiger partial charge is 0.384 e. The summed E-state index contributed by atoms with van der Waals surface area (Å²) in [6, 6.07) is 8.68. The number of aliphatic hydroxyl groups is 1. The van der Waals surface area contributed by atoms with E-state index in [9.17, 15) is 9.50 Å². The predicted molar refractivity (Wildman–Crippen MR) is 78.8 cm³/mol. The van der Waals surface area contributed by atoms with Crippen LogP contribution in [0, 0.1) is 26.6 Å². The lowest BCUT2D eigenvalue weighted by atomic mass is 9.91. The molecule has 1 N–H and O–H groups in total. The van der Waals surface area contributed by atoms with Crippen molar-refractivity contribution in [2.75, 3.05) is 0 Å². The van der Waals surface area contributed by atoms with Gasteiger partial charge in [-0.25, -0.2) is 4.39 Å². The Morgan fingerprint density at radius 1 is 1.00 bits per heavy atom. The van der Waals surface area contributed by atoms with Crippen LogP contribution in [0.25, 0.3) is 0 Å². The first-order valence-corrected chi connectivity index (χ1v) is 6.90. The van der Waals surface area contributed by atoms with Crippen LogP contribution in [0.15, 0.2) is 34.8 Å². The third-order valence-corrected chi connectivity index (χ3v) is 3.85. The molecule has 0 aromatic heterocycles. The molecular weight excluding hydrogens is 307 g/mol. The fourth-order valence-electron chi connectivity index (χ4n) is 2.45. The van der Waals surface area contributed by atoms with Crippen molar-refractivity contribution in [1.29, 1.82) is 0 Å². The topological polar surface area (TPSA) is 20.2 Å². The maximum atomic E-state index is 13.3. The van der Waals surface area contributed by atoms with Crippen molar-refractivity contribution in [2.24, 2.45) is 0 Å². The van der Waals surface area contributed by atoms with E-state index in [1.165, 1.54) is 12.1 Å². The van der Waals surface area contributed by atoms with E-state index >= 15 is 0 Å². The van der Waals surface area contributed by atoms with Crippen LogP contribution in [0.5, 0.6) is 0 Å². The van der Waals surface area contributed by atoms with Gasteiger partial charge >= 0.3 is 0 Å². The molecule has 0 aliphatic rings. The van der Waals surface area contributed by atoms with Gasteiger partial charge in [0.05, 0.1) is 0 Å². The Hall–Kier alpha value is -1.19. The third kappa shape index (κ3) is 2.88. The molecule has 0 bridgehead atoms. The lowest BCUT2D eigenvalue weighted by molar-refractivity contribution is 0.218. The highest BCUT2D eigenvalue weighted by Crippen LogP contribution is 2.31. The molecule has 0 saturated carbocycles. The summed E-state index contributed by atoms with van der Waals surface area (Å²) < 4.78 is 14.3. The van der Waals surface area contributed by atoms with E-state index in [1.807, 2.05) is 39.0 Å². The van der Waals surface area contributed by atoms with E-state index in [-0.39, 0.29) is 5.82 Å². The Balaban J connectivity index is 2.53. The molecule has 2 rings (SSSR count). The van der Waals surface area contributed by atoms with Crippen molar-refractivity contribution in [3.63, 3.8) is 0 Å². The van der Waals surface area contributed by atoms with Gasteiger partial charge in [-0.15, -0.1) is 0 Å². The molecule has 0 radical (unpaired) electrons. The number of halogens is 2. The van der Waals surface area contributed by atoms with Crippen molar-refractivity contribution >= 4 is 15.9 Å². The number of hydrogen-bond acceptors (Lipinski definition) is 1. The van der Waals surface area contributed by atoms with Gasteiger partial charge in [0.25, 0.3) is 0 Å². The first-order chi connectivity index (χ1) is 8.90. The van der Waals surface area contributed by atoms with E-state index in [1.54, 1.807) is 0 Å². The smallest absolute Gasteiger partial charge is 0.123 e. The molecule has 0 spiro atoms. The van der Waals surface area contributed by atoms with Gasteiger partial charge in [0.2, 0.25) is 0 Å². The van der Waals surface area contributed by atoms with Gasteiger partial charge in [-0.3, -0.25) is 0 Å². The Morgan fingerprint density at radius 2 is 1.58 bits per heavy atom. The van der Waals surface area contributed by atoms with Crippen molar-refractivity contribution in [3.8, 4) is 0 Å². The molecule has 2 aromatic rings. The molecule has 0 aliphatic carbocycles. The predicted octanol–water partition coefficient (Wildman–Crippen LogP) is 4.60. The van der Waals surface area contributed by atoms with Crippen molar-refractivity contribution in [3.05, 3.63) is 68.4 Å². The zero-order valence-corrected chi connectivity index (χ0v) is 12.8. The van der Waals surface area contributed by atoms with Gasteiger partial charge in [0.15, 0.2) is 0 Å². The second kappa shape index (κ2) is 5.43. The fraction of sp³-hybridized carbons (Fsp3) is 0.250. The van der Waals surface area contributed by atoms with Crippen molar-refractivity contribution < 1.29 is 9.50 Å². The molecule has 0 heterocycles. The van der Waals surface area contributed by atoms with Crippen molar-refractivity contribution in [2.45, 2.75) is 26.9 Å². The van der Waals surface area contributed by atoms with Crippen LogP contribution >= 0.6 is 15.9 Å². The zero-order valence-electron chi connectivity index (χ0n) is 11.2. The lowest BCUT2D eigenvalue weighted by Gasteiger charge is -2.19. The summed E-state index contributed by atoms with van der Waals surface area (Å²) in [6.07, 6.45) is -0.728. The third-order valence-electron chi connectivity index (χ3n) is 3.36. The highest BCUT2D eigenvalue weighted by atomic mass is 79.9. The summed E-state index contributed by atoms with van der Waals surface area (Å²) in [7, 11) is 0.